The van der Waals surface area contributed by atoms with Gasteiger partial charge >= 0.3 is 0 Å². The molecule has 0 fully saturated rings. The Hall–Kier alpha value is -1.04. The number of nitriles is 1. The lowest BCUT2D eigenvalue weighted by Crippen LogP contribution is -2.31. The molecule has 0 aliphatic heterocycles. The Bertz CT molecular complexity index is 148. The fraction of sp³-hybridized carbons (Fsp3) is 0.714. The summed E-state index contributed by atoms with van der Waals surface area (Å²) in [6.07, 6.45) is 0.863. The average Bonchev–Trinajstić information content (AvgIpc) is 1.88. The highest BCUT2D eigenvalue weighted by Gasteiger charge is 2.02. The van der Waals surface area contributed by atoms with Crippen LogP contribution in [0.25, 0.3) is 0 Å². The van der Waals surface area contributed by atoms with E-state index >= 15 is 0 Å². The molecule has 10 heavy (non-hydrogen) atoms. The third-order valence-electron chi connectivity index (χ3n) is 1.26. The van der Waals surface area contributed by atoms with Crippen molar-refractivity contribution in [2.24, 2.45) is 0 Å². The quantitative estimate of drug-likeness (QED) is 0.630. The number of nitrogens with zero attached hydrogens (tertiary/aromatic N) is 1. The lowest BCUT2D eigenvalue weighted by molar-refractivity contribution is -0.120. The Morgan fingerprint density at radius 2 is 2.40 bits per heavy atom. The summed E-state index contributed by atoms with van der Waals surface area (Å²) in [4.78, 5) is 10.7. The fourth-order valence-corrected chi connectivity index (χ4v) is 0.500. The van der Waals surface area contributed by atoms with Crippen LogP contribution in [0.3, 0.4) is 0 Å². The minimum atomic E-state index is -0.183. The van der Waals surface area contributed by atoms with Gasteiger partial charge in [-0.25, -0.2) is 0 Å². The molecule has 1 atom stereocenters. The van der Waals surface area contributed by atoms with E-state index in [1.807, 2.05) is 13.8 Å². The standard InChI is InChI=1S/C7H12N2O/c1-3-6(2)9-7(10)4-5-8/h6H,3-4H2,1-2H3,(H,9,10)/t6-/m1/s1. The van der Waals surface area contributed by atoms with Crippen molar-refractivity contribution in [2.45, 2.75) is 32.7 Å². The minimum Gasteiger partial charge on any atom is -0.353 e. The van der Waals surface area contributed by atoms with Gasteiger partial charge in [0.15, 0.2) is 0 Å². The van der Waals surface area contributed by atoms with Crippen molar-refractivity contribution in [3.8, 4) is 6.07 Å². The monoisotopic (exact) mass is 140 g/mol. The first-order valence-electron chi connectivity index (χ1n) is 3.37. The molecular formula is C7H12N2O. The fourth-order valence-electron chi connectivity index (χ4n) is 0.500. The van der Waals surface area contributed by atoms with Crippen molar-refractivity contribution in [1.82, 2.24) is 5.32 Å². The molecule has 1 N–H and O–H groups in total. The number of amides is 1. The summed E-state index contributed by atoms with van der Waals surface area (Å²) in [6.45, 7) is 3.90. The number of hydrogen-bond acceptors (Lipinski definition) is 2. The lowest BCUT2D eigenvalue weighted by Gasteiger charge is -2.08. The molecule has 0 spiro atoms. The Kier molecular flexibility index (Phi) is 4.30. The predicted octanol–water partition coefficient (Wildman–Crippen LogP) is 0.815. The zero-order chi connectivity index (χ0) is 7.98. The minimum absolute atomic E-state index is 0.0374. The highest BCUT2D eigenvalue weighted by Crippen LogP contribution is 1.88. The van der Waals surface area contributed by atoms with Gasteiger partial charge in [-0.2, -0.15) is 5.26 Å². The Labute approximate surface area is 61.0 Å². The summed E-state index contributed by atoms with van der Waals surface area (Å²) in [5, 5.41) is 10.8. The van der Waals surface area contributed by atoms with Gasteiger partial charge in [-0.05, 0) is 13.3 Å². The molecule has 0 radical (unpaired) electrons. The van der Waals surface area contributed by atoms with Crippen LogP contribution in [-0.2, 0) is 4.79 Å². The number of hydrogen-bond donors (Lipinski definition) is 1. The van der Waals surface area contributed by atoms with E-state index in [1.165, 1.54) is 0 Å². The molecule has 0 aromatic carbocycles. The van der Waals surface area contributed by atoms with Crippen molar-refractivity contribution in [2.75, 3.05) is 0 Å². The molecule has 0 aromatic rings. The molecule has 56 valence electrons. The van der Waals surface area contributed by atoms with Gasteiger partial charge in [0.25, 0.3) is 0 Å². The number of rotatable bonds is 3. The topological polar surface area (TPSA) is 52.9 Å². The van der Waals surface area contributed by atoms with Gasteiger partial charge in [-0.1, -0.05) is 6.92 Å². The molecule has 0 aliphatic rings. The maximum absolute atomic E-state index is 10.7. The van der Waals surface area contributed by atoms with Gasteiger partial charge in [0.05, 0.1) is 6.07 Å². The number of carbonyl (C=O) groups excluding carboxylic acids is 1. The smallest absolute Gasteiger partial charge is 0.234 e. The first-order valence-corrected chi connectivity index (χ1v) is 3.37. The van der Waals surface area contributed by atoms with Crippen LogP contribution < -0.4 is 5.32 Å². The van der Waals surface area contributed by atoms with Crippen molar-refractivity contribution in [3.63, 3.8) is 0 Å². The summed E-state index contributed by atoms with van der Waals surface area (Å²) in [5.74, 6) is -0.183. The summed E-state index contributed by atoms with van der Waals surface area (Å²) < 4.78 is 0. The second-order valence-corrected chi connectivity index (χ2v) is 2.21. The van der Waals surface area contributed by atoms with E-state index in [4.69, 9.17) is 5.26 Å². The van der Waals surface area contributed by atoms with E-state index in [1.54, 1.807) is 6.07 Å². The molecule has 0 unspecified atom stereocenters. The molecule has 0 rings (SSSR count). The zero-order valence-corrected chi connectivity index (χ0v) is 6.35. The molecular weight excluding hydrogens is 128 g/mol. The second-order valence-electron chi connectivity index (χ2n) is 2.21. The van der Waals surface area contributed by atoms with Crippen LogP contribution in [0.4, 0.5) is 0 Å². The SMILES string of the molecule is CC[C@@H](C)NC(=O)CC#N. The van der Waals surface area contributed by atoms with Gasteiger partial charge < -0.3 is 5.32 Å². The first kappa shape index (κ1) is 8.96. The molecule has 0 aliphatic carbocycles. The number of carbonyl (C=O) groups is 1. The molecule has 3 nitrogen and oxygen atoms in total. The normalized spacial score (nSPS) is 11.7. The van der Waals surface area contributed by atoms with Crippen molar-refractivity contribution in [3.05, 3.63) is 0 Å². The van der Waals surface area contributed by atoms with Crippen LogP contribution in [-0.4, -0.2) is 11.9 Å². The van der Waals surface area contributed by atoms with Crippen molar-refractivity contribution < 1.29 is 4.79 Å². The maximum atomic E-state index is 10.7. The van der Waals surface area contributed by atoms with Gasteiger partial charge in [-0.3, -0.25) is 4.79 Å². The molecule has 0 saturated heterocycles. The number of nitrogens with one attached hydrogen (secondary N) is 1. The van der Waals surface area contributed by atoms with Gasteiger partial charge in [0.2, 0.25) is 5.91 Å². The van der Waals surface area contributed by atoms with E-state index in [-0.39, 0.29) is 18.4 Å². The molecule has 0 bridgehead atoms. The Morgan fingerprint density at radius 3 is 2.80 bits per heavy atom. The maximum Gasteiger partial charge on any atom is 0.234 e. The van der Waals surface area contributed by atoms with Gasteiger partial charge in [0.1, 0.15) is 6.42 Å². The third kappa shape index (κ3) is 3.90. The summed E-state index contributed by atoms with van der Waals surface area (Å²) in [5.41, 5.74) is 0. The van der Waals surface area contributed by atoms with Crippen LogP contribution >= 0.6 is 0 Å². The van der Waals surface area contributed by atoms with E-state index in [9.17, 15) is 4.79 Å². The highest BCUT2D eigenvalue weighted by atomic mass is 16.1. The van der Waals surface area contributed by atoms with E-state index in [2.05, 4.69) is 5.32 Å². The highest BCUT2D eigenvalue weighted by molar-refractivity contribution is 5.78. The average molecular weight is 140 g/mol. The van der Waals surface area contributed by atoms with Crippen LogP contribution in [0.1, 0.15) is 26.7 Å². The van der Waals surface area contributed by atoms with Crippen LogP contribution in [0.15, 0.2) is 0 Å². The Morgan fingerprint density at radius 1 is 1.80 bits per heavy atom. The van der Waals surface area contributed by atoms with Gasteiger partial charge in [0, 0.05) is 6.04 Å². The van der Waals surface area contributed by atoms with E-state index in [0.29, 0.717) is 0 Å². The second kappa shape index (κ2) is 4.80. The predicted molar refractivity (Wildman–Crippen MR) is 38.1 cm³/mol. The molecule has 0 heterocycles. The van der Waals surface area contributed by atoms with Crippen LogP contribution in [0, 0.1) is 11.3 Å². The van der Waals surface area contributed by atoms with E-state index in [0.717, 1.165) is 6.42 Å². The molecule has 1 amide bonds. The van der Waals surface area contributed by atoms with Gasteiger partial charge in [-0.15, -0.1) is 0 Å². The molecule has 0 saturated carbocycles. The zero-order valence-electron chi connectivity index (χ0n) is 6.35. The van der Waals surface area contributed by atoms with E-state index < -0.39 is 0 Å². The van der Waals surface area contributed by atoms with Crippen LogP contribution in [0.2, 0.25) is 0 Å². The lowest BCUT2D eigenvalue weighted by atomic mass is 10.2. The first-order chi connectivity index (χ1) is 4.70. The third-order valence-corrected chi connectivity index (χ3v) is 1.26. The summed E-state index contributed by atoms with van der Waals surface area (Å²) in [6, 6.07) is 1.97. The molecule has 0 aromatic heterocycles. The summed E-state index contributed by atoms with van der Waals surface area (Å²) >= 11 is 0. The largest absolute Gasteiger partial charge is 0.353 e. The van der Waals surface area contributed by atoms with Crippen LogP contribution in [0.5, 0.6) is 0 Å². The Balaban J connectivity index is 3.49. The summed E-state index contributed by atoms with van der Waals surface area (Å²) in [7, 11) is 0. The van der Waals surface area contributed by atoms with Crippen molar-refractivity contribution >= 4 is 5.91 Å². The molecule has 3 heteroatoms. The van der Waals surface area contributed by atoms with Crippen molar-refractivity contribution in [1.29, 1.82) is 5.26 Å².